The van der Waals surface area contributed by atoms with Gasteiger partial charge in [-0.15, -0.1) is 0 Å². The molecule has 0 spiro atoms. The van der Waals surface area contributed by atoms with Crippen molar-refractivity contribution in [2.45, 2.75) is 327 Å². The van der Waals surface area contributed by atoms with Gasteiger partial charge in [-0.05, 0) is 61.7 Å². The zero-order valence-electron chi connectivity index (χ0n) is 63.0. The molecule has 0 bridgehead atoms. The molecule has 5 fully saturated rings. The number of alkyl halides is 2. The predicted molar refractivity (Wildman–Crippen MR) is 363 cm³/mol. The molecule has 0 aromatic rings. The maximum atomic E-state index is 13.6. The largest absolute Gasteiger partial charge is 0.390 e. The minimum atomic E-state index is -0.977. The van der Waals surface area contributed by atoms with Crippen LogP contribution in [0.5, 0.6) is 0 Å². The van der Waals surface area contributed by atoms with E-state index >= 15 is 0 Å². The van der Waals surface area contributed by atoms with Crippen molar-refractivity contribution in [1.29, 1.82) is 0 Å². The quantitative estimate of drug-likeness (QED) is 0.101. The zero-order chi connectivity index (χ0) is 70.7. The van der Waals surface area contributed by atoms with Crippen LogP contribution >= 0.6 is 0 Å². The van der Waals surface area contributed by atoms with E-state index in [0.29, 0.717) is 18.8 Å². The summed E-state index contributed by atoms with van der Waals surface area (Å²) in [6.07, 6.45) is -1.89. The van der Waals surface area contributed by atoms with E-state index in [4.69, 9.17) is 80.8 Å². The lowest BCUT2D eigenvalue weighted by molar-refractivity contribution is -0.152. The second-order valence-electron chi connectivity index (χ2n) is 19.0. The van der Waals surface area contributed by atoms with Crippen LogP contribution in [-0.2, 0) is 52.1 Å². The third kappa shape index (κ3) is 38.2. The van der Waals surface area contributed by atoms with Crippen molar-refractivity contribution >= 4 is 0 Å². The van der Waals surface area contributed by atoms with Crippen molar-refractivity contribution in [3.63, 3.8) is 0 Å². The summed E-state index contributed by atoms with van der Waals surface area (Å²) in [5.74, 6) is 0.654. The maximum Gasteiger partial charge on any atom is 0.131 e. The average Bonchev–Trinajstić information content (AvgIpc) is 3.71. The third-order valence-corrected chi connectivity index (χ3v) is 14.4. The minimum Gasteiger partial charge on any atom is -0.390 e. The van der Waals surface area contributed by atoms with Crippen LogP contribution in [0, 0.1) is 29.6 Å². The van der Waals surface area contributed by atoms with Gasteiger partial charge in [0.05, 0.1) is 18.3 Å². The molecule has 0 aliphatic heterocycles. The summed E-state index contributed by atoms with van der Waals surface area (Å²) < 4.78 is 84.6. The van der Waals surface area contributed by atoms with E-state index in [1.807, 2.05) is 166 Å². The monoisotopic (exact) mass is 1260 g/mol. The predicted octanol–water partition coefficient (Wildman–Crippen LogP) is 11.6. The Morgan fingerprint density at radius 3 is 0.570 bits per heavy atom. The van der Waals surface area contributed by atoms with Crippen LogP contribution in [0.2, 0.25) is 0 Å². The van der Waals surface area contributed by atoms with Gasteiger partial charge in [-0.3, -0.25) is 0 Å². The molecule has 25 atom stereocenters. The number of ether oxygens (including phenoxy) is 11. The van der Waals surface area contributed by atoms with Crippen molar-refractivity contribution in [2.75, 3.05) is 78.2 Å². The molecule has 18 nitrogen and oxygen atoms in total. The molecular formula is C66H155F2N5O13. The average molecular weight is 1260 g/mol. The molecule has 20 heteroatoms. The molecule has 5 saturated carbocycles. The maximum absolute atomic E-state index is 13.6. The summed E-state index contributed by atoms with van der Waals surface area (Å²) in [7, 11) is 17.5. The number of rotatable bonds is 11. The smallest absolute Gasteiger partial charge is 0.131 e. The van der Waals surface area contributed by atoms with E-state index in [1.54, 1.807) is 64.0 Å². The Morgan fingerprint density at radius 1 is 0.233 bits per heavy atom. The highest BCUT2D eigenvalue weighted by atomic mass is 19.1. The highest BCUT2D eigenvalue weighted by Gasteiger charge is 2.46. The molecule has 86 heavy (non-hydrogen) atoms. The number of nitrogens with two attached hydrogens (primary N) is 5. The fourth-order valence-electron chi connectivity index (χ4n) is 10.5. The Labute approximate surface area is 532 Å². The minimum absolute atomic E-state index is 0.0337. The van der Waals surface area contributed by atoms with Gasteiger partial charge in [0.1, 0.15) is 73.4 Å². The van der Waals surface area contributed by atoms with E-state index in [0.717, 1.165) is 19.3 Å². The molecule has 5 aliphatic rings. The lowest BCUT2D eigenvalue weighted by atomic mass is 9.80. The molecular weight excluding hydrogens is 1110 g/mol. The Bertz CT molecular complexity index is 1120. The number of hydrogen-bond acceptors (Lipinski definition) is 18. The third-order valence-electron chi connectivity index (χ3n) is 14.4. The number of halogens is 2. The van der Waals surface area contributed by atoms with E-state index in [-0.39, 0.29) is 109 Å². The van der Waals surface area contributed by atoms with Gasteiger partial charge in [0.25, 0.3) is 0 Å². The van der Waals surface area contributed by atoms with E-state index in [2.05, 4.69) is 6.92 Å². The van der Waals surface area contributed by atoms with Crippen LogP contribution in [-0.4, -0.2) is 210 Å². The van der Waals surface area contributed by atoms with Gasteiger partial charge in [-0.2, -0.15) is 0 Å². The number of hydrogen-bond donors (Lipinski definition) is 7. The molecule has 0 heterocycles. The summed E-state index contributed by atoms with van der Waals surface area (Å²) >= 11 is 0. The first-order valence-electron chi connectivity index (χ1n) is 33.3. The van der Waals surface area contributed by atoms with Crippen LogP contribution in [0.3, 0.4) is 0 Å². The number of aliphatic hydroxyl groups is 2. The Kier molecular flexibility index (Phi) is 88.9. The van der Waals surface area contributed by atoms with Crippen LogP contribution < -0.4 is 28.7 Å². The topological polar surface area (TPSA) is 272 Å². The van der Waals surface area contributed by atoms with E-state index in [1.165, 1.54) is 14.2 Å². The fourth-order valence-corrected chi connectivity index (χ4v) is 10.5. The van der Waals surface area contributed by atoms with Crippen molar-refractivity contribution < 1.29 is 71.1 Å². The SMILES string of the molecule is CC.CC.CC.CC.CC.CC.CC.CC.CC.CC.CO[C@@H]1[C@@H](F)[C@H](C)C[C@H](N)[C@H]1OC.CO[C@@H]1[C@@H](F)[C@H](C)C[C@H](N)[C@H]1OC.CO[C@@H]1[C@@H](O)[C@H](C)C[C@H](N)[C@H]1OC.CO[C@@H]1[C@@H](O)[C@H](C)C[C@H](N)[C@H]1OC.CO[C@@H]1[C@@H](OC)[C@H](C)C[C@H](N)[C@H]1OC. The van der Waals surface area contributed by atoms with Crippen molar-refractivity contribution in [1.82, 2.24) is 0 Å². The second kappa shape index (κ2) is 71.6. The van der Waals surface area contributed by atoms with Crippen LogP contribution in [0.1, 0.15) is 205 Å². The normalized spacial score (nSPS) is 35.9. The fraction of sp³-hybridized carbons (Fsp3) is 1.00. The Morgan fingerprint density at radius 2 is 0.384 bits per heavy atom. The van der Waals surface area contributed by atoms with Crippen molar-refractivity contribution in [2.24, 2.45) is 58.3 Å². The van der Waals surface area contributed by atoms with Gasteiger partial charge in [-0.1, -0.05) is 173 Å². The highest BCUT2D eigenvalue weighted by Crippen LogP contribution is 2.33. The molecule has 0 amide bonds. The van der Waals surface area contributed by atoms with Crippen LogP contribution in [0.4, 0.5) is 8.78 Å². The van der Waals surface area contributed by atoms with E-state index < -0.39 is 36.8 Å². The van der Waals surface area contributed by atoms with Crippen molar-refractivity contribution in [3.05, 3.63) is 0 Å². The lowest BCUT2D eigenvalue weighted by Crippen LogP contribution is -2.58. The van der Waals surface area contributed by atoms with Gasteiger partial charge < -0.3 is 91.0 Å². The molecule has 0 aromatic carbocycles. The highest BCUT2D eigenvalue weighted by molar-refractivity contribution is 4.98. The van der Waals surface area contributed by atoms with Crippen LogP contribution in [0.25, 0.3) is 0 Å². The second-order valence-corrected chi connectivity index (χ2v) is 19.0. The van der Waals surface area contributed by atoms with Gasteiger partial charge in [0.15, 0.2) is 0 Å². The van der Waals surface area contributed by atoms with Gasteiger partial charge >= 0.3 is 0 Å². The molecule has 0 aromatic heterocycles. The van der Waals surface area contributed by atoms with Gasteiger partial charge in [0, 0.05) is 108 Å². The summed E-state index contributed by atoms with van der Waals surface area (Å²) in [5, 5.41) is 19.6. The Balaban J connectivity index is -0.0000000975. The summed E-state index contributed by atoms with van der Waals surface area (Å²) in [5.41, 5.74) is 29.5. The molecule has 5 rings (SSSR count). The summed E-state index contributed by atoms with van der Waals surface area (Å²) in [6, 6.07) is -0.318. The molecule has 12 N–H and O–H groups in total. The first-order chi connectivity index (χ1) is 41.1. The lowest BCUT2D eigenvalue weighted by Gasteiger charge is -2.42. The van der Waals surface area contributed by atoms with Gasteiger partial charge in [0.2, 0.25) is 0 Å². The molecule has 0 radical (unpaired) electrons. The van der Waals surface area contributed by atoms with Gasteiger partial charge in [-0.25, -0.2) is 8.78 Å². The summed E-state index contributed by atoms with van der Waals surface area (Å²) in [4.78, 5) is 0. The molecule has 0 saturated heterocycles. The first-order valence-corrected chi connectivity index (χ1v) is 33.3. The molecule has 0 unspecified atom stereocenters. The molecule has 536 valence electrons. The standard InChI is InChI=1S/C10H21NO3.2C9H18FNO2.2C9H19NO3.10C2H6/c1-6-5-7(11)9(13-3)10(14-4)8(6)12-2;2*1-5-4-6(11)8(12-2)9(13-3)7(5)10;2*1-5-4-6(10)8(12-2)9(13-3)7(5)11;10*1-2/h6-10H,5,11H2,1-4H3;2*5-9H,4,11H2,1-3H3;2*5-9,11H,4,10H2,1-3H3;10*1-2H3/t6-,7+,8+,9-,10-;4*5-,6+,7+,8-,9-;;;;;;;;;;/m11111........../s1. The first kappa shape index (κ1) is 107. The van der Waals surface area contributed by atoms with E-state index in [9.17, 15) is 19.0 Å². The molecule has 5 aliphatic carbocycles. The van der Waals surface area contributed by atoms with Crippen molar-refractivity contribution in [3.8, 4) is 0 Å². The number of methoxy groups -OCH3 is 11. The van der Waals surface area contributed by atoms with Crippen LogP contribution in [0.15, 0.2) is 0 Å². The number of aliphatic hydroxyl groups excluding tert-OH is 2. The Hall–Kier alpha value is -0.860. The zero-order valence-corrected chi connectivity index (χ0v) is 63.0. The summed E-state index contributed by atoms with van der Waals surface area (Å²) in [6.45, 7) is 49.8.